The standard InChI is InChI=1S/C17H20N2O4/c1-23-16-9-5-8-14(17(16)19(21)22)10-11-18-15(12-20)13-6-3-2-4-7-13/h2-9,15,18,20H,10-12H2,1H3. The van der Waals surface area contributed by atoms with Gasteiger partial charge in [-0.2, -0.15) is 0 Å². The van der Waals surface area contributed by atoms with Gasteiger partial charge in [0.05, 0.1) is 24.7 Å². The first-order valence-electron chi connectivity index (χ1n) is 7.36. The molecule has 0 radical (unpaired) electrons. The lowest BCUT2D eigenvalue weighted by molar-refractivity contribution is -0.386. The van der Waals surface area contributed by atoms with Crippen molar-refractivity contribution >= 4 is 5.69 Å². The fourth-order valence-corrected chi connectivity index (χ4v) is 2.50. The number of hydrogen-bond donors (Lipinski definition) is 2. The van der Waals surface area contributed by atoms with E-state index in [9.17, 15) is 15.2 Å². The van der Waals surface area contributed by atoms with Crippen LogP contribution < -0.4 is 10.1 Å². The van der Waals surface area contributed by atoms with E-state index in [-0.39, 0.29) is 24.1 Å². The lowest BCUT2D eigenvalue weighted by Gasteiger charge is -2.16. The molecule has 0 fully saturated rings. The molecule has 2 N–H and O–H groups in total. The molecule has 122 valence electrons. The summed E-state index contributed by atoms with van der Waals surface area (Å²) in [5, 5.41) is 24.0. The van der Waals surface area contributed by atoms with Crippen LogP contribution in [0.1, 0.15) is 17.2 Å². The third-order valence-corrected chi connectivity index (χ3v) is 3.65. The van der Waals surface area contributed by atoms with Gasteiger partial charge in [-0.3, -0.25) is 10.1 Å². The van der Waals surface area contributed by atoms with Crippen molar-refractivity contribution in [2.75, 3.05) is 20.3 Å². The number of methoxy groups -OCH3 is 1. The SMILES string of the molecule is COc1cccc(CCNC(CO)c2ccccc2)c1[N+](=O)[O-]. The Bertz CT molecular complexity index is 646. The monoisotopic (exact) mass is 316 g/mol. The van der Waals surface area contributed by atoms with Crippen LogP contribution in [0.15, 0.2) is 48.5 Å². The fourth-order valence-electron chi connectivity index (χ4n) is 2.50. The lowest BCUT2D eigenvalue weighted by Crippen LogP contribution is -2.26. The first kappa shape index (κ1) is 16.9. The van der Waals surface area contributed by atoms with E-state index >= 15 is 0 Å². The number of benzene rings is 2. The Morgan fingerprint density at radius 2 is 1.96 bits per heavy atom. The van der Waals surface area contributed by atoms with Gasteiger partial charge in [0.15, 0.2) is 5.75 Å². The summed E-state index contributed by atoms with van der Waals surface area (Å²) < 4.78 is 5.06. The number of nitro benzene ring substituents is 1. The van der Waals surface area contributed by atoms with Crippen LogP contribution in [0.3, 0.4) is 0 Å². The predicted octanol–water partition coefficient (Wildman–Crippen LogP) is 2.47. The summed E-state index contributed by atoms with van der Waals surface area (Å²) in [5.41, 5.74) is 1.58. The summed E-state index contributed by atoms with van der Waals surface area (Å²) in [6.07, 6.45) is 0.469. The maximum atomic E-state index is 11.2. The van der Waals surface area contributed by atoms with Gasteiger partial charge in [-0.15, -0.1) is 0 Å². The molecule has 6 heteroatoms. The van der Waals surface area contributed by atoms with Gasteiger partial charge in [0.1, 0.15) is 0 Å². The van der Waals surface area contributed by atoms with E-state index in [1.54, 1.807) is 18.2 Å². The summed E-state index contributed by atoms with van der Waals surface area (Å²) in [6, 6.07) is 14.4. The van der Waals surface area contributed by atoms with Gasteiger partial charge in [0.25, 0.3) is 0 Å². The van der Waals surface area contributed by atoms with Crippen LogP contribution in [0.4, 0.5) is 5.69 Å². The number of para-hydroxylation sites is 1. The summed E-state index contributed by atoms with van der Waals surface area (Å²) in [7, 11) is 1.42. The van der Waals surface area contributed by atoms with E-state index in [1.165, 1.54) is 7.11 Å². The minimum atomic E-state index is -0.422. The highest BCUT2D eigenvalue weighted by Crippen LogP contribution is 2.30. The van der Waals surface area contributed by atoms with Crippen LogP contribution in [0.5, 0.6) is 5.75 Å². The number of aliphatic hydroxyl groups is 1. The lowest BCUT2D eigenvalue weighted by atomic mass is 10.1. The molecule has 2 aromatic carbocycles. The molecule has 2 rings (SSSR count). The molecule has 1 unspecified atom stereocenters. The first-order valence-corrected chi connectivity index (χ1v) is 7.36. The van der Waals surface area contributed by atoms with Crippen molar-refractivity contribution in [1.82, 2.24) is 5.32 Å². The maximum Gasteiger partial charge on any atom is 0.314 e. The number of nitrogens with one attached hydrogen (secondary N) is 1. The zero-order valence-electron chi connectivity index (χ0n) is 12.9. The van der Waals surface area contributed by atoms with Crippen molar-refractivity contribution in [2.45, 2.75) is 12.5 Å². The zero-order valence-corrected chi connectivity index (χ0v) is 12.9. The largest absolute Gasteiger partial charge is 0.490 e. The van der Waals surface area contributed by atoms with Gasteiger partial charge < -0.3 is 15.2 Å². The quantitative estimate of drug-likeness (QED) is 0.577. The molecule has 0 aliphatic carbocycles. The topological polar surface area (TPSA) is 84.6 Å². The molecule has 0 amide bonds. The molecular weight excluding hydrogens is 296 g/mol. The Morgan fingerprint density at radius 1 is 1.22 bits per heavy atom. The molecule has 0 aliphatic rings. The third kappa shape index (κ3) is 4.28. The van der Waals surface area contributed by atoms with E-state index in [2.05, 4.69) is 5.32 Å². The Balaban J connectivity index is 2.05. The minimum Gasteiger partial charge on any atom is -0.490 e. The summed E-state index contributed by atoms with van der Waals surface area (Å²) in [4.78, 5) is 10.8. The van der Waals surface area contributed by atoms with Crippen LogP contribution in [-0.2, 0) is 6.42 Å². The second-order valence-electron chi connectivity index (χ2n) is 5.08. The first-order chi connectivity index (χ1) is 11.2. The van der Waals surface area contributed by atoms with E-state index in [0.717, 1.165) is 5.56 Å². The number of ether oxygens (including phenoxy) is 1. The second kappa shape index (κ2) is 8.26. The van der Waals surface area contributed by atoms with E-state index < -0.39 is 4.92 Å². The van der Waals surface area contributed by atoms with Crippen molar-refractivity contribution < 1.29 is 14.8 Å². The molecule has 6 nitrogen and oxygen atoms in total. The van der Waals surface area contributed by atoms with Crippen molar-refractivity contribution in [1.29, 1.82) is 0 Å². The van der Waals surface area contributed by atoms with Crippen LogP contribution >= 0.6 is 0 Å². The third-order valence-electron chi connectivity index (χ3n) is 3.65. The van der Waals surface area contributed by atoms with Gasteiger partial charge in [0, 0.05) is 12.1 Å². The molecule has 0 saturated heterocycles. The van der Waals surface area contributed by atoms with Crippen LogP contribution in [0.25, 0.3) is 0 Å². The van der Waals surface area contributed by atoms with Gasteiger partial charge in [-0.05, 0) is 18.1 Å². The molecule has 0 aliphatic heterocycles. The number of rotatable bonds is 8. The summed E-state index contributed by atoms with van der Waals surface area (Å²) in [6.45, 7) is 0.471. The normalized spacial score (nSPS) is 11.9. The summed E-state index contributed by atoms with van der Waals surface area (Å²) >= 11 is 0. The van der Waals surface area contributed by atoms with E-state index in [0.29, 0.717) is 18.5 Å². The van der Waals surface area contributed by atoms with Gasteiger partial charge in [-0.25, -0.2) is 0 Å². The van der Waals surface area contributed by atoms with Crippen molar-refractivity contribution in [3.05, 3.63) is 69.8 Å². The van der Waals surface area contributed by atoms with Crippen molar-refractivity contribution in [3.63, 3.8) is 0 Å². The van der Waals surface area contributed by atoms with Gasteiger partial charge in [-0.1, -0.05) is 42.5 Å². The van der Waals surface area contributed by atoms with Crippen LogP contribution in [0.2, 0.25) is 0 Å². The number of nitrogens with zero attached hydrogens (tertiary/aromatic N) is 1. The average molecular weight is 316 g/mol. The molecule has 0 saturated carbocycles. The molecule has 0 bridgehead atoms. The van der Waals surface area contributed by atoms with Crippen LogP contribution in [-0.4, -0.2) is 30.3 Å². The molecule has 0 aromatic heterocycles. The van der Waals surface area contributed by atoms with Gasteiger partial charge in [0.2, 0.25) is 0 Å². The number of nitro groups is 1. The smallest absolute Gasteiger partial charge is 0.314 e. The highest BCUT2D eigenvalue weighted by Gasteiger charge is 2.20. The number of aliphatic hydroxyl groups excluding tert-OH is 1. The van der Waals surface area contributed by atoms with Crippen molar-refractivity contribution in [3.8, 4) is 5.75 Å². The maximum absolute atomic E-state index is 11.2. The fraction of sp³-hybridized carbons (Fsp3) is 0.294. The molecule has 0 heterocycles. The van der Waals surface area contributed by atoms with E-state index in [4.69, 9.17) is 4.74 Å². The predicted molar refractivity (Wildman–Crippen MR) is 87.6 cm³/mol. The van der Waals surface area contributed by atoms with Gasteiger partial charge >= 0.3 is 5.69 Å². The highest BCUT2D eigenvalue weighted by molar-refractivity contribution is 5.52. The zero-order chi connectivity index (χ0) is 16.7. The molecule has 23 heavy (non-hydrogen) atoms. The Morgan fingerprint density at radius 3 is 2.57 bits per heavy atom. The van der Waals surface area contributed by atoms with E-state index in [1.807, 2.05) is 30.3 Å². The molecule has 2 aromatic rings. The van der Waals surface area contributed by atoms with Crippen LogP contribution in [0, 0.1) is 10.1 Å². The minimum absolute atomic E-state index is 0.00272. The molecule has 1 atom stereocenters. The molecular formula is C17H20N2O4. The number of hydrogen-bond acceptors (Lipinski definition) is 5. The summed E-state index contributed by atoms with van der Waals surface area (Å²) in [5.74, 6) is 0.259. The average Bonchev–Trinajstić information content (AvgIpc) is 2.59. The second-order valence-corrected chi connectivity index (χ2v) is 5.08. The Hall–Kier alpha value is -2.44. The Labute approximate surface area is 134 Å². The Kier molecular flexibility index (Phi) is 6.08. The molecule has 0 spiro atoms. The highest BCUT2D eigenvalue weighted by atomic mass is 16.6. The van der Waals surface area contributed by atoms with Crippen molar-refractivity contribution in [2.24, 2.45) is 0 Å².